The van der Waals surface area contributed by atoms with Gasteiger partial charge in [0.1, 0.15) is 5.75 Å². The second kappa shape index (κ2) is 6.10. The normalized spacial score (nSPS) is 15.4. The number of nitrogens with two attached hydrogens (primary N) is 1. The zero-order valence-electron chi connectivity index (χ0n) is 12.9. The molecule has 1 aromatic heterocycles. The van der Waals surface area contributed by atoms with E-state index in [0.717, 1.165) is 27.9 Å². The van der Waals surface area contributed by atoms with Crippen molar-refractivity contribution in [2.75, 3.05) is 12.9 Å². The molecule has 3 rings (SSSR count). The number of nitrogens with zero attached hydrogens (tertiary/aromatic N) is 4. The third-order valence-electron chi connectivity index (χ3n) is 3.61. The maximum absolute atomic E-state index is 6.21. The minimum absolute atomic E-state index is 0.185. The van der Waals surface area contributed by atoms with Crippen molar-refractivity contribution in [1.82, 2.24) is 14.9 Å². The summed E-state index contributed by atoms with van der Waals surface area (Å²) in [5.41, 5.74) is 8.22. The fourth-order valence-corrected chi connectivity index (χ4v) is 3.04. The standard InChI is InChI=1S/C15H19N5OS/c1-9(2)13(16)14-17-18-15-20(14)19-12(8-22-15)10-5-4-6-11(7-10)21-3/h4-7,9,13H,8,16H2,1-3H3. The zero-order valence-corrected chi connectivity index (χ0v) is 13.7. The fraction of sp³-hybridized carbons (Fsp3) is 0.400. The van der Waals surface area contributed by atoms with E-state index >= 15 is 0 Å². The number of rotatable bonds is 4. The van der Waals surface area contributed by atoms with E-state index in [1.165, 1.54) is 0 Å². The molecule has 0 bridgehead atoms. The summed E-state index contributed by atoms with van der Waals surface area (Å²) in [6.07, 6.45) is 0. The van der Waals surface area contributed by atoms with Gasteiger partial charge in [0.05, 0.1) is 18.9 Å². The third kappa shape index (κ3) is 2.74. The number of aromatic nitrogens is 3. The summed E-state index contributed by atoms with van der Waals surface area (Å²) in [4.78, 5) is 0. The van der Waals surface area contributed by atoms with Gasteiger partial charge in [-0.15, -0.1) is 10.2 Å². The number of hydrogen-bond acceptors (Lipinski definition) is 6. The Morgan fingerprint density at radius 1 is 1.32 bits per heavy atom. The first-order chi connectivity index (χ1) is 10.6. The lowest BCUT2D eigenvalue weighted by Crippen LogP contribution is -2.23. The second-order valence-electron chi connectivity index (χ2n) is 5.49. The molecule has 2 N–H and O–H groups in total. The van der Waals surface area contributed by atoms with E-state index in [0.29, 0.717) is 5.82 Å². The summed E-state index contributed by atoms with van der Waals surface area (Å²) in [5, 5.41) is 13.9. The van der Waals surface area contributed by atoms with Crippen molar-refractivity contribution < 1.29 is 4.74 Å². The Hall–Kier alpha value is -1.86. The highest BCUT2D eigenvalue weighted by molar-refractivity contribution is 7.99. The monoisotopic (exact) mass is 317 g/mol. The highest BCUT2D eigenvalue weighted by Crippen LogP contribution is 2.28. The molecule has 0 spiro atoms. The lowest BCUT2D eigenvalue weighted by Gasteiger charge is -2.18. The average Bonchev–Trinajstić information content (AvgIpc) is 2.97. The van der Waals surface area contributed by atoms with Crippen molar-refractivity contribution in [1.29, 1.82) is 0 Å². The van der Waals surface area contributed by atoms with Crippen molar-refractivity contribution in [2.45, 2.75) is 25.0 Å². The van der Waals surface area contributed by atoms with Crippen LogP contribution in [-0.2, 0) is 0 Å². The van der Waals surface area contributed by atoms with Gasteiger partial charge in [0.15, 0.2) is 5.82 Å². The van der Waals surface area contributed by atoms with Crippen LogP contribution in [0.2, 0.25) is 0 Å². The summed E-state index contributed by atoms with van der Waals surface area (Å²) in [6, 6.07) is 7.71. The van der Waals surface area contributed by atoms with E-state index in [2.05, 4.69) is 24.0 Å². The first kappa shape index (κ1) is 15.1. The molecule has 2 heterocycles. The molecule has 0 fully saturated rings. The van der Waals surface area contributed by atoms with Gasteiger partial charge < -0.3 is 10.5 Å². The van der Waals surface area contributed by atoms with Crippen LogP contribution in [0.3, 0.4) is 0 Å². The number of fused-ring (bicyclic) bond motifs is 1. The van der Waals surface area contributed by atoms with Gasteiger partial charge in [-0.05, 0) is 18.1 Å². The molecular weight excluding hydrogens is 298 g/mol. The van der Waals surface area contributed by atoms with E-state index in [9.17, 15) is 0 Å². The molecular formula is C15H19N5OS. The Morgan fingerprint density at radius 3 is 2.86 bits per heavy atom. The fourth-order valence-electron chi connectivity index (χ4n) is 2.19. The highest BCUT2D eigenvalue weighted by atomic mass is 32.2. The Bertz CT molecular complexity index is 710. The molecule has 22 heavy (non-hydrogen) atoms. The highest BCUT2D eigenvalue weighted by Gasteiger charge is 2.24. The maximum Gasteiger partial charge on any atom is 0.212 e. The molecule has 1 aliphatic rings. The molecule has 0 saturated carbocycles. The van der Waals surface area contributed by atoms with Crippen LogP contribution < -0.4 is 10.5 Å². The van der Waals surface area contributed by atoms with Gasteiger partial charge in [-0.1, -0.05) is 37.7 Å². The minimum atomic E-state index is -0.185. The van der Waals surface area contributed by atoms with Crippen LogP contribution in [0, 0.1) is 5.92 Å². The Morgan fingerprint density at radius 2 is 2.14 bits per heavy atom. The van der Waals surface area contributed by atoms with Crippen molar-refractivity contribution >= 4 is 17.5 Å². The van der Waals surface area contributed by atoms with Crippen LogP contribution in [0.25, 0.3) is 0 Å². The van der Waals surface area contributed by atoms with Gasteiger partial charge in [-0.2, -0.15) is 9.78 Å². The molecule has 1 aliphatic heterocycles. The third-order valence-corrected chi connectivity index (χ3v) is 4.54. The number of thioether (sulfide) groups is 1. The van der Waals surface area contributed by atoms with Crippen molar-refractivity contribution in [3.8, 4) is 5.75 Å². The summed E-state index contributed by atoms with van der Waals surface area (Å²) in [6.45, 7) is 4.13. The smallest absolute Gasteiger partial charge is 0.212 e. The molecule has 0 amide bonds. The van der Waals surface area contributed by atoms with Gasteiger partial charge in [0.25, 0.3) is 0 Å². The van der Waals surface area contributed by atoms with E-state index in [4.69, 9.17) is 15.6 Å². The largest absolute Gasteiger partial charge is 0.497 e. The number of benzene rings is 1. The van der Waals surface area contributed by atoms with Crippen molar-refractivity contribution in [2.24, 2.45) is 16.8 Å². The van der Waals surface area contributed by atoms with Gasteiger partial charge >= 0.3 is 0 Å². The first-order valence-electron chi connectivity index (χ1n) is 7.16. The number of ether oxygens (including phenoxy) is 1. The summed E-state index contributed by atoms with van der Waals surface area (Å²) < 4.78 is 7.05. The molecule has 2 aromatic rings. The molecule has 1 atom stereocenters. The van der Waals surface area contributed by atoms with Gasteiger partial charge in [0.2, 0.25) is 5.16 Å². The molecule has 0 aliphatic carbocycles. The van der Waals surface area contributed by atoms with Crippen LogP contribution in [0.5, 0.6) is 5.75 Å². The predicted molar refractivity (Wildman–Crippen MR) is 87.4 cm³/mol. The Balaban J connectivity index is 2.00. The molecule has 1 aromatic carbocycles. The number of hydrogen-bond donors (Lipinski definition) is 1. The van der Waals surface area contributed by atoms with Crippen LogP contribution in [0.15, 0.2) is 34.5 Å². The van der Waals surface area contributed by atoms with Crippen LogP contribution in [0.1, 0.15) is 31.3 Å². The topological polar surface area (TPSA) is 78.3 Å². The Kier molecular flexibility index (Phi) is 4.17. The van der Waals surface area contributed by atoms with E-state index in [1.807, 2.05) is 24.3 Å². The van der Waals surface area contributed by atoms with E-state index in [1.54, 1.807) is 23.5 Å². The molecule has 1 unspecified atom stereocenters. The number of methoxy groups -OCH3 is 1. The van der Waals surface area contributed by atoms with Crippen LogP contribution in [-0.4, -0.2) is 33.4 Å². The summed E-state index contributed by atoms with van der Waals surface area (Å²) in [7, 11) is 1.66. The van der Waals surface area contributed by atoms with Crippen LogP contribution >= 0.6 is 11.8 Å². The second-order valence-corrected chi connectivity index (χ2v) is 6.43. The Labute approximate surface area is 133 Å². The maximum atomic E-state index is 6.21. The molecule has 7 heteroatoms. The van der Waals surface area contributed by atoms with Crippen LogP contribution in [0.4, 0.5) is 0 Å². The van der Waals surface area contributed by atoms with Gasteiger partial charge in [0, 0.05) is 11.3 Å². The zero-order chi connectivity index (χ0) is 15.7. The van der Waals surface area contributed by atoms with Gasteiger partial charge in [-0.3, -0.25) is 0 Å². The van der Waals surface area contributed by atoms with E-state index < -0.39 is 0 Å². The predicted octanol–water partition coefficient (Wildman–Crippen LogP) is 2.30. The average molecular weight is 317 g/mol. The SMILES string of the molecule is COc1cccc(C2=Nn3c(nnc3C(N)C(C)C)SC2)c1. The van der Waals surface area contributed by atoms with Gasteiger partial charge in [-0.25, -0.2) is 0 Å². The van der Waals surface area contributed by atoms with Crippen molar-refractivity contribution in [3.05, 3.63) is 35.7 Å². The molecule has 6 nitrogen and oxygen atoms in total. The van der Waals surface area contributed by atoms with Crippen molar-refractivity contribution in [3.63, 3.8) is 0 Å². The lowest BCUT2D eigenvalue weighted by atomic mass is 10.1. The summed E-state index contributed by atoms with van der Waals surface area (Å²) in [5.74, 6) is 2.55. The lowest BCUT2D eigenvalue weighted by molar-refractivity contribution is 0.414. The van der Waals surface area contributed by atoms with E-state index in [-0.39, 0.29) is 12.0 Å². The first-order valence-corrected chi connectivity index (χ1v) is 8.14. The minimum Gasteiger partial charge on any atom is -0.497 e. The molecule has 0 saturated heterocycles. The quantitative estimate of drug-likeness (QED) is 0.936. The summed E-state index contributed by atoms with van der Waals surface area (Å²) >= 11 is 1.62. The molecule has 0 radical (unpaired) electrons. The molecule has 116 valence electrons.